The third-order valence-corrected chi connectivity index (χ3v) is 14.4. The Balaban J connectivity index is 1.01. The molecule has 10 aromatic carbocycles. The van der Waals surface area contributed by atoms with Crippen LogP contribution in [0.4, 0.5) is 39.8 Å². The smallest absolute Gasteiger partial charge is 0.252 e. The molecule has 12 aromatic rings. The second kappa shape index (κ2) is 16.7. The van der Waals surface area contributed by atoms with Crippen LogP contribution in [0.2, 0.25) is 0 Å². The van der Waals surface area contributed by atoms with E-state index in [0.717, 1.165) is 89.4 Å². The van der Waals surface area contributed by atoms with Crippen molar-refractivity contribution in [2.24, 2.45) is 0 Å². The van der Waals surface area contributed by atoms with Crippen molar-refractivity contribution >= 4 is 84.7 Å². The standard InChI is InChI=1S/C65H41BN6/c1-67-54-33-20-30-50(65-68-55(43-21-6-2-7-22-43)42-56(69-65)44-23-8-3-9-24-44)64(54)72-57-34-17-14-29-49(57)51-39-45(37-38-58(51)72)46-40-61-63-62(41-46)71(48-27-12-5-13-28-48)60-36-19-16-32-53(60)66(63)52-31-15-18-35-59(52)70(61)47-25-10-4-11-26-47/h2-42H. The number of anilines is 6. The van der Waals surface area contributed by atoms with Crippen molar-refractivity contribution in [1.82, 2.24) is 14.5 Å². The Labute approximate surface area is 417 Å². The van der Waals surface area contributed by atoms with Crippen molar-refractivity contribution in [2.45, 2.75) is 0 Å². The summed E-state index contributed by atoms with van der Waals surface area (Å²) in [4.78, 5) is 19.6. The minimum Gasteiger partial charge on any atom is -0.318 e. The molecule has 0 radical (unpaired) electrons. The van der Waals surface area contributed by atoms with Gasteiger partial charge in [-0.15, -0.1) is 0 Å². The molecule has 0 saturated heterocycles. The first-order chi connectivity index (χ1) is 35.7. The maximum absolute atomic E-state index is 8.61. The normalized spacial score (nSPS) is 12.3. The van der Waals surface area contributed by atoms with Crippen molar-refractivity contribution in [1.29, 1.82) is 0 Å². The molecule has 334 valence electrons. The third-order valence-electron chi connectivity index (χ3n) is 14.4. The van der Waals surface area contributed by atoms with Crippen molar-refractivity contribution in [3.05, 3.63) is 260 Å². The van der Waals surface area contributed by atoms with Crippen molar-refractivity contribution in [3.63, 3.8) is 0 Å². The van der Waals surface area contributed by atoms with E-state index in [1.165, 1.54) is 27.8 Å². The van der Waals surface area contributed by atoms with Gasteiger partial charge in [-0.2, -0.15) is 0 Å². The summed E-state index contributed by atoms with van der Waals surface area (Å²) in [5, 5.41) is 2.17. The molecule has 0 unspecified atom stereocenters. The van der Waals surface area contributed by atoms with Gasteiger partial charge in [0.25, 0.3) is 6.71 Å². The van der Waals surface area contributed by atoms with E-state index >= 15 is 0 Å². The lowest BCUT2D eigenvalue weighted by Crippen LogP contribution is -2.61. The molecule has 0 saturated carbocycles. The number of hydrogen-bond donors (Lipinski definition) is 0. The predicted octanol–water partition coefficient (Wildman–Crippen LogP) is 14.9. The number of aromatic nitrogens is 3. The van der Waals surface area contributed by atoms with E-state index in [4.69, 9.17) is 16.5 Å². The van der Waals surface area contributed by atoms with E-state index in [1.807, 2.05) is 48.5 Å². The molecule has 0 spiro atoms. The van der Waals surface area contributed by atoms with Crippen LogP contribution in [0.15, 0.2) is 249 Å². The van der Waals surface area contributed by atoms with Gasteiger partial charge < -0.3 is 14.4 Å². The molecular weight excluding hydrogens is 876 g/mol. The van der Waals surface area contributed by atoms with Crippen LogP contribution >= 0.6 is 0 Å². The average molecular weight is 917 g/mol. The van der Waals surface area contributed by atoms with Crippen LogP contribution in [0.25, 0.3) is 77.4 Å². The molecule has 0 bridgehead atoms. The SMILES string of the molecule is [C-]#[N+]c1cccc(-c2nc(-c3ccccc3)cc(-c3ccccc3)n2)c1-n1c2ccccc2c2cc(-c3cc4c5c(c3)N(c3ccccc3)c3ccccc3B5c3ccccc3N4c3ccccc3)ccc21. The fraction of sp³-hybridized carbons (Fsp3) is 0. The molecule has 2 aliphatic rings. The molecule has 0 fully saturated rings. The lowest BCUT2D eigenvalue weighted by molar-refractivity contribution is 1.14. The van der Waals surface area contributed by atoms with Gasteiger partial charge in [0.15, 0.2) is 5.82 Å². The van der Waals surface area contributed by atoms with E-state index in [1.54, 1.807) is 0 Å². The second-order valence-electron chi connectivity index (χ2n) is 18.4. The molecule has 2 aromatic heterocycles. The topological polar surface area (TPSA) is 41.6 Å². The molecule has 0 atom stereocenters. The Kier molecular flexibility index (Phi) is 9.58. The monoisotopic (exact) mass is 916 g/mol. The summed E-state index contributed by atoms with van der Waals surface area (Å²) in [6.45, 7) is 8.63. The molecular formula is C65H41BN6. The molecule has 0 amide bonds. The summed E-state index contributed by atoms with van der Waals surface area (Å²) in [6.07, 6.45) is 0. The number of para-hydroxylation sites is 6. The first kappa shape index (κ1) is 41.2. The summed E-state index contributed by atoms with van der Waals surface area (Å²) in [6, 6.07) is 87.9. The Morgan fingerprint density at radius 1 is 0.389 bits per heavy atom. The fourth-order valence-corrected chi connectivity index (χ4v) is 11.3. The zero-order valence-corrected chi connectivity index (χ0v) is 38.9. The fourth-order valence-electron chi connectivity index (χ4n) is 11.3. The summed E-state index contributed by atoms with van der Waals surface area (Å²) in [5.41, 5.74) is 20.5. The maximum atomic E-state index is 8.61. The molecule has 2 aliphatic heterocycles. The molecule has 72 heavy (non-hydrogen) atoms. The van der Waals surface area contributed by atoms with E-state index in [9.17, 15) is 0 Å². The van der Waals surface area contributed by atoms with Crippen LogP contribution < -0.4 is 26.2 Å². The maximum Gasteiger partial charge on any atom is 0.252 e. The Morgan fingerprint density at radius 3 is 1.49 bits per heavy atom. The lowest BCUT2D eigenvalue weighted by Gasteiger charge is -2.44. The largest absolute Gasteiger partial charge is 0.318 e. The van der Waals surface area contributed by atoms with Gasteiger partial charge >= 0.3 is 0 Å². The van der Waals surface area contributed by atoms with Crippen LogP contribution in [0.5, 0.6) is 0 Å². The highest BCUT2D eigenvalue weighted by Crippen LogP contribution is 2.47. The molecule has 0 N–H and O–H groups in total. The highest BCUT2D eigenvalue weighted by atomic mass is 15.2. The zero-order chi connectivity index (χ0) is 47.7. The first-order valence-electron chi connectivity index (χ1n) is 24.3. The average Bonchev–Trinajstić information content (AvgIpc) is 3.78. The number of fused-ring (bicyclic) bond motifs is 7. The summed E-state index contributed by atoms with van der Waals surface area (Å²) in [5.74, 6) is 0.550. The Morgan fingerprint density at radius 2 is 0.903 bits per heavy atom. The van der Waals surface area contributed by atoms with Gasteiger partial charge in [0.1, 0.15) is 0 Å². The number of hydrogen-bond acceptors (Lipinski definition) is 4. The first-order valence-corrected chi connectivity index (χ1v) is 24.3. The number of benzene rings is 10. The van der Waals surface area contributed by atoms with Gasteiger partial charge in [0.2, 0.25) is 5.69 Å². The molecule has 6 nitrogen and oxygen atoms in total. The minimum absolute atomic E-state index is 0.0229. The third kappa shape index (κ3) is 6.51. The summed E-state index contributed by atoms with van der Waals surface area (Å²) >= 11 is 0. The summed E-state index contributed by atoms with van der Waals surface area (Å²) < 4.78 is 2.25. The highest BCUT2D eigenvalue weighted by molar-refractivity contribution is 7.00. The van der Waals surface area contributed by atoms with E-state index in [2.05, 4.69) is 219 Å². The number of nitrogens with zero attached hydrogens (tertiary/aromatic N) is 6. The van der Waals surface area contributed by atoms with Crippen LogP contribution in [-0.2, 0) is 0 Å². The quantitative estimate of drug-likeness (QED) is 0.118. The van der Waals surface area contributed by atoms with Gasteiger partial charge in [0.05, 0.1) is 34.7 Å². The van der Waals surface area contributed by atoms with E-state index in [0.29, 0.717) is 11.5 Å². The van der Waals surface area contributed by atoms with Gasteiger partial charge in [-0.25, -0.2) is 14.8 Å². The van der Waals surface area contributed by atoms with E-state index in [-0.39, 0.29) is 6.71 Å². The Bertz CT molecular complexity index is 3960. The van der Waals surface area contributed by atoms with Gasteiger partial charge in [-0.1, -0.05) is 176 Å². The zero-order valence-electron chi connectivity index (χ0n) is 38.9. The van der Waals surface area contributed by atoms with Crippen molar-refractivity contribution < 1.29 is 0 Å². The summed E-state index contributed by atoms with van der Waals surface area (Å²) in [7, 11) is 0. The van der Waals surface area contributed by atoms with Gasteiger partial charge in [-0.3, -0.25) is 0 Å². The Hall–Kier alpha value is -9.77. The van der Waals surface area contributed by atoms with E-state index < -0.39 is 0 Å². The van der Waals surface area contributed by atoms with Crippen molar-refractivity contribution in [3.8, 4) is 50.7 Å². The minimum atomic E-state index is 0.0229. The molecule has 14 rings (SSSR count). The predicted molar refractivity (Wildman–Crippen MR) is 298 cm³/mol. The highest BCUT2D eigenvalue weighted by Gasteiger charge is 2.43. The molecule has 4 heterocycles. The molecule has 0 aliphatic carbocycles. The van der Waals surface area contributed by atoms with Crippen LogP contribution in [0.3, 0.4) is 0 Å². The second-order valence-corrected chi connectivity index (χ2v) is 18.4. The number of rotatable bonds is 7. The lowest BCUT2D eigenvalue weighted by atomic mass is 9.33. The van der Waals surface area contributed by atoms with Gasteiger partial charge in [0, 0.05) is 61.6 Å². The van der Waals surface area contributed by atoms with Crippen LogP contribution in [-0.4, -0.2) is 21.2 Å². The van der Waals surface area contributed by atoms with Crippen molar-refractivity contribution in [2.75, 3.05) is 9.80 Å². The van der Waals surface area contributed by atoms with Crippen LogP contribution in [0, 0.1) is 6.57 Å². The van der Waals surface area contributed by atoms with Crippen LogP contribution in [0.1, 0.15) is 0 Å². The molecule has 7 heteroatoms. The van der Waals surface area contributed by atoms with Gasteiger partial charge in [-0.05, 0) is 100 Å².